The molecule has 224 valence electrons. The summed E-state index contributed by atoms with van der Waals surface area (Å²) in [4.78, 5) is 2.46. The van der Waals surface area contributed by atoms with E-state index in [1.54, 1.807) is 0 Å². The summed E-state index contributed by atoms with van der Waals surface area (Å²) >= 11 is 1.90. The molecular formula is C46H29NS. The lowest BCUT2D eigenvalue weighted by atomic mass is 9.92. The van der Waals surface area contributed by atoms with E-state index in [1.165, 1.54) is 80.1 Å². The number of hydrogen-bond acceptors (Lipinski definition) is 2. The Balaban J connectivity index is 1.31. The van der Waals surface area contributed by atoms with Gasteiger partial charge in [-0.2, -0.15) is 0 Å². The van der Waals surface area contributed by atoms with Crippen LogP contribution in [-0.4, -0.2) is 0 Å². The first kappa shape index (κ1) is 27.2. The number of thiophene rings is 1. The summed E-state index contributed by atoms with van der Waals surface area (Å²) in [6.45, 7) is 0. The van der Waals surface area contributed by atoms with Crippen LogP contribution in [0.3, 0.4) is 0 Å². The summed E-state index contributed by atoms with van der Waals surface area (Å²) in [5.74, 6) is 0. The largest absolute Gasteiger partial charge is 0.310 e. The molecule has 0 aliphatic carbocycles. The average Bonchev–Trinajstić information content (AvgIpc) is 3.54. The Morgan fingerprint density at radius 3 is 1.62 bits per heavy atom. The molecule has 0 saturated carbocycles. The molecule has 0 fully saturated rings. The third-order valence-electron chi connectivity index (χ3n) is 9.78. The molecule has 48 heavy (non-hydrogen) atoms. The van der Waals surface area contributed by atoms with Crippen molar-refractivity contribution in [1.29, 1.82) is 0 Å². The first-order chi connectivity index (χ1) is 23.8. The number of anilines is 3. The van der Waals surface area contributed by atoms with Crippen molar-refractivity contribution in [3.05, 3.63) is 176 Å². The molecular weight excluding hydrogens is 599 g/mol. The van der Waals surface area contributed by atoms with Crippen molar-refractivity contribution in [1.82, 2.24) is 0 Å². The SMILES string of the molecule is c1ccc2cc(N(c3ccc4ccccc4c3)c3cccc4sc5c6ccccc6c(-c6cccc7ccccc67)cc5c34)ccc2c1. The molecule has 0 aliphatic rings. The van der Waals surface area contributed by atoms with Crippen molar-refractivity contribution < 1.29 is 0 Å². The van der Waals surface area contributed by atoms with E-state index >= 15 is 0 Å². The fourth-order valence-corrected chi connectivity index (χ4v) is 8.80. The molecule has 9 aromatic carbocycles. The van der Waals surface area contributed by atoms with Crippen LogP contribution in [-0.2, 0) is 0 Å². The molecule has 0 spiro atoms. The standard InChI is InChI=1S/C46H29NS/c1-3-14-33-27-35(25-23-30(33)11-1)47(36-26-24-31-12-2-4-15-34(31)28-36)43-21-10-22-44-45(43)42-29-41(39-18-7-8-19-40(39)46(42)48-44)38-20-9-16-32-13-5-6-17-37(32)38/h1-29H. The molecule has 1 nitrogen and oxygen atoms in total. The maximum Gasteiger partial charge on any atom is 0.0554 e. The minimum Gasteiger partial charge on any atom is -0.310 e. The van der Waals surface area contributed by atoms with E-state index < -0.39 is 0 Å². The Labute approximate surface area is 282 Å². The Kier molecular flexibility index (Phi) is 6.12. The molecule has 0 saturated heterocycles. The molecule has 0 unspecified atom stereocenters. The van der Waals surface area contributed by atoms with Crippen LogP contribution in [0.25, 0.3) is 74.4 Å². The van der Waals surface area contributed by atoms with E-state index in [4.69, 9.17) is 0 Å². The highest BCUT2D eigenvalue weighted by Gasteiger charge is 2.21. The average molecular weight is 628 g/mol. The predicted molar refractivity (Wildman–Crippen MR) is 209 cm³/mol. The molecule has 0 bridgehead atoms. The maximum absolute atomic E-state index is 2.46. The molecule has 1 heterocycles. The smallest absolute Gasteiger partial charge is 0.0554 e. The topological polar surface area (TPSA) is 3.24 Å². The Morgan fingerprint density at radius 2 is 0.917 bits per heavy atom. The van der Waals surface area contributed by atoms with Crippen molar-refractivity contribution in [3.63, 3.8) is 0 Å². The lowest BCUT2D eigenvalue weighted by Gasteiger charge is -2.27. The van der Waals surface area contributed by atoms with Gasteiger partial charge in [0.2, 0.25) is 0 Å². The number of rotatable bonds is 4. The van der Waals surface area contributed by atoms with E-state index in [2.05, 4.69) is 181 Å². The molecule has 0 radical (unpaired) electrons. The van der Waals surface area contributed by atoms with Crippen molar-refractivity contribution in [2.75, 3.05) is 4.90 Å². The first-order valence-corrected chi connectivity index (χ1v) is 17.2. The lowest BCUT2D eigenvalue weighted by molar-refractivity contribution is 1.31. The normalized spacial score (nSPS) is 11.8. The molecule has 0 aliphatic heterocycles. The van der Waals surface area contributed by atoms with E-state index in [-0.39, 0.29) is 0 Å². The van der Waals surface area contributed by atoms with Crippen LogP contribution < -0.4 is 4.90 Å². The Morgan fingerprint density at radius 1 is 0.354 bits per heavy atom. The van der Waals surface area contributed by atoms with Crippen molar-refractivity contribution in [2.24, 2.45) is 0 Å². The Hall–Kier alpha value is -5.96. The molecule has 0 amide bonds. The highest BCUT2D eigenvalue weighted by Crippen LogP contribution is 2.49. The van der Waals surface area contributed by atoms with Crippen LogP contribution in [0.5, 0.6) is 0 Å². The quantitative estimate of drug-likeness (QED) is 0.188. The zero-order valence-electron chi connectivity index (χ0n) is 26.1. The summed E-state index contributed by atoms with van der Waals surface area (Å²) in [6, 6.07) is 64.5. The summed E-state index contributed by atoms with van der Waals surface area (Å²) < 4.78 is 2.61. The summed E-state index contributed by atoms with van der Waals surface area (Å²) in [5, 5.41) is 12.6. The highest BCUT2D eigenvalue weighted by molar-refractivity contribution is 7.26. The highest BCUT2D eigenvalue weighted by atomic mass is 32.1. The van der Waals surface area contributed by atoms with Crippen LogP contribution in [0.15, 0.2) is 176 Å². The van der Waals surface area contributed by atoms with Crippen molar-refractivity contribution in [2.45, 2.75) is 0 Å². The van der Waals surface area contributed by atoms with Crippen molar-refractivity contribution >= 4 is 91.7 Å². The van der Waals surface area contributed by atoms with E-state index in [0.29, 0.717) is 0 Å². The van der Waals surface area contributed by atoms with Gasteiger partial charge in [-0.05, 0) is 91.3 Å². The van der Waals surface area contributed by atoms with Crippen molar-refractivity contribution in [3.8, 4) is 11.1 Å². The first-order valence-electron chi connectivity index (χ1n) is 16.4. The molecule has 1 aromatic heterocycles. The maximum atomic E-state index is 2.46. The number of benzene rings is 9. The van der Waals surface area contributed by atoms with Gasteiger partial charge in [-0.1, -0.05) is 133 Å². The van der Waals surface area contributed by atoms with Gasteiger partial charge in [-0.25, -0.2) is 0 Å². The molecule has 2 heteroatoms. The van der Waals surface area contributed by atoms with Gasteiger partial charge in [0.15, 0.2) is 0 Å². The lowest BCUT2D eigenvalue weighted by Crippen LogP contribution is -2.10. The fraction of sp³-hybridized carbons (Fsp3) is 0. The summed E-state index contributed by atoms with van der Waals surface area (Å²) in [6.07, 6.45) is 0. The Bertz CT molecular complexity index is 2780. The van der Waals surface area contributed by atoms with Gasteiger partial charge < -0.3 is 4.90 Å². The summed E-state index contributed by atoms with van der Waals surface area (Å²) in [5.41, 5.74) is 6.01. The van der Waals surface area contributed by atoms with E-state index in [9.17, 15) is 0 Å². The van der Waals surface area contributed by atoms with Gasteiger partial charge in [0.1, 0.15) is 0 Å². The second kappa shape index (κ2) is 10.8. The van der Waals surface area contributed by atoms with Gasteiger partial charge in [0.05, 0.1) is 5.69 Å². The predicted octanol–water partition coefficient (Wildman–Crippen LogP) is 13.8. The molecule has 10 rings (SSSR count). The minimum atomic E-state index is 1.14. The monoisotopic (exact) mass is 627 g/mol. The fourth-order valence-electron chi connectivity index (χ4n) is 7.56. The van der Waals surface area contributed by atoms with E-state index in [1.807, 2.05) is 11.3 Å². The van der Waals surface area contributed by atoms with E-state index in [0.717, 1.165) is 11.4 Å². The third-order valence-corrected chi connectivity index (χ3v) is 11.0. The van der Waals surface area contributed by atoms with Crippen LogP contribution >= 0.6 is 11.3 Å². The van der Waals surface area contributed by atoms with Gasteiger partial charge in [0, 0.05) is 36.9 Å². The van der Waals surface area contributed by atoms with Crippen LogP contribution in [0, 0.1) is 0 Å². The molecule has 10 aromatic rings. The second-order valence-electron chi connectivity index (χ2n) is 12.5. The van der Waals surface area contributed by atoms with Crippen LogP contribution in [0.4, 0.5) is 17.1 Å². The van der Waals surface area contributed by atoms with Gasteiger partial charge in [0.25, 0.3) is 0 Å². The van der Waals surface area contributed by atoms with Gasteiger partial charge >= 0.3 is 0 Å². The second-order valence-corrected chi connectivity index (χ2v) is 13.6. The third kappa shape index (κ3) is 4.24. The van der Waals surface area contributed by atoms with Gasteiger partial charge in [-0.3, -0.25) is 0 Å². The summed E-state index contributed by atoms with van der Waals surface area (Å²) in [7, 11) is 0. The molecule has 0 atom stereocenters. The number of nitrogens with zero attached hydrogens (tertiary/aromatic N) is 1. The van der Waals surface area contributed by atoms with Crippen LogP contribution in [0.2, 0.25) is 0 Å². The minimum absolute atomic E-state index is 1.14. The van der Waals surface area contributed by atoms with Gasteiger partial charge in [-0.15, -0.1) is 11.3 Å². The zero-order chi connectivity index (χ0) is 31.6. The number of fused-ring (bicyclic) bond motifs is 8. The van der Waals surface area contributed by atoms with Crippen LogP contribution in [0.1, 0.15) is 0 Å². The zero-order valence-corrected chi connectivity index (χ0v) is 26.9. The molecule has 0 N–H and O–H groups in total. The number of hydrogen-bond donors (Lipinski definition) is 0.